The van der Waals surface area contributed by atoms with E-state index in [1.807, 2.05) is 13.0 Å². The number of aliphatic hydroxyl groups is 1. The van der Waals surface area contributed by atoms with E-state index in [2.05, 4.69) is 26.8 Å². The van der Waals surface area contributed by atoms with Crippen LogP contribution in [-0.2, 0) is 0 Å². The second kappa shape index (κ2) is 5.87. The van der Waals surface area contributed by atoms with Crippen LogP contribution in [0.5, 0.6) is 0 Å². The van der Waals surface area contributed by atoms with E-state index in [9.17, 15) is 0 Å². The lowest BCUT2D eigenvalue weighted by molar-refractivity contribution is 0.417. The number of rotatable bonds is 0. The second-order valence-corrected chi connectivity index (χ2v) is 3.79. The normalized spacial score (nSPS) is 16.1. The maximum atomic E-state index is 8.97. The average molecular weight is 168 g/mol. The lowest BCUT2D eigenvalue weighted by Gasteiger charge is -2.03. The van der Waals surface area contributed by atoms with Crippen LogP contribution in [0, 0.1) is 5.92 Å². The molecule has 0 saturated carbocycles. The maximum absolute atomic E-state index is 8.97. The minimum Gasteiger partial charge on any atom is -0.508 e. The van der Waals surface area contributed by atoms with Crippen LogP contribution in [0.25, 0.3) is 0 Å². The Bertz CT molecular complexity index is 155. The molecule has 70 valence electrons. The fourth-order valence-electron chi connectivity index (χ4n) is 0.785. The molecule has 0 atom stereocenters. The van der Waals surface area contributed by atoms with Crippen molar-refractivity contribution in [3.8, 4) is 0 Å². The molecule has 0 aliphatic heterocycles. The summed E-state index contributed by atoms with van der Waals surface area (Å²) >= 11 is 0. The smallest absolute Gasteiger partial charge is 0.114 e. The molecule has 1 nitrogen and oxygen atoms in total. The molecule has 1 rings (SSSR count). The van der Waals surface area contributed by atoms with E-state index in [1.165, 1.54) is 0 Å². The van der Waals surface area contributed by atoms with Gasteiger partial charge in [0.25, 0.3) is 0 Å². The van der Waals surface area contributed by atoms with Gasteiger partial charge in [-0.05, 0) is 37.3 Å². The summed E-state index contributed by atoms with van der Waals surface area (Å²) in [5.41, 5.74) is 1.01. The zero-order valence-electron chi connectivity index (χ0n) is 8.59. The molecule has 1 aliphatic carbocycles. The molecular weight excluding hydrogens is 148 g/mol. The van der Waals surface area contributed by atoms with Crippen molar-refractivity contribution in [2.24, 2.45) is 5.92 Å². The van der Waals surface area contributed by atoms with E-state index in [0.717, 1.165) is 24.3 Å². The predicted octanol–water partition coefficient (Wildman–Crippen LogP) is 3.83. The summed E-state index contributed by atoms with van der Waals surface area (Å²) in [4.78, 5) is 0. The van der Waals surface area contributed by atoms with Gasteiger partial charge < -0.3 is 5.11 Å². The zero-order chi connectivity index (χ0) is 9.56. The summed E-state index contributed by atoms with van der Waals surface area (Å²) in [5, 5.41) is 8.97. The third-order valence-electron chi connectivity index (χ3n) is 1.36. The van der Waals surface area contributed by atoms with Crippen LogP contribution in [0.3, 0.4) is 0 Å². The molecule has 0 bridgehead atoms. The van der Waals surface area contributed by atoms with Crippen LogP contribution in [0.4, 0.5) is 0 Å². The highest BCUT2D eigenvalue weighted by Gasteiger charge is 1.98. The lowest BCUT2D eigenvalue weighted by Crippen LogP contribution is -1.88. The minimum atomic E-state index is 0.455. The topological polar surface area (TPSA) is 20.2 Å². The highest BCUT2D eigenvalue weighted by atomic mass is 16.3. The van der Waals surface area contributed by atoms with Crippen molar-refractivity contribution >= 4 is 0 Å². The Morgan fingerprint density at radius 1 is 1.17 bits per heavy atom. The second-order valence-electron chi connectivity index (χ2n) is 3.79. The Hall–Kier alpha value is -0.720. The van der Waals surface area contributed by atoms with Crippen molar-refractivity contribution in [1.29, 1.82) is 0 Å². The van der Waals surface area contributed by atoms with Gasteiger partial charge >= 0.3 is 0 Å². The zero-order valence-corrected chi connectivity index (χ0v) is 8.59. The Balaban J connectivity index is 0.000000261. The SMILES string of the molecule is CC(C)C.CC1=CCCC=C1O. The standard InChI is InChI=1S/C7H10O.C4H10/c1-6-4-2-3-5-7(6)8;1-4(2)3/h4-5,8H,2-3H2,1H3;4H,1-3H3. The summed E-state index contributed by atoms with van der Waals surface area (Å²) in [6.07, 6.45) is 5.98. The first-order valence-electron chi connectivity index (χ1n) is 4.60. The number of hydrogen-bond donors (Lipinski definition) is 1. The fraction of sp³-hybridized carbons (Fsp3) is 0.636. The third kappa shape index (κ3) is 6.02. The Kier molecular flexibility index (Phi) is 5.52. The quantitative estimate of drug-likeness (QED) is 0.582. The minimum absolute atomic E-state index is 0.455. The Morgan fingerprint density at radius 2 is 1.58 bits per heavy atom. The van der Waals surface area contributed by atoms with Crippen molar-refractivity contribution < 1.29 is 5.11 Å². The molecule has 12 heavy (non-hydrogen) atoms. The number of hydrogen-bond acceptors (Lipinski definition) is 1. The molecule has 0 saturated heterocycles. The van der Waals surface area contributed by atoms with Crippen LogP contribution in [0.2, 0.25) is 0 Å². The van der Waals surface area contributed by atoms with Crippen LogP contribution in [0.15, 0.2) is 23.5 Å². The van der Waals surface area contributed by atoms with Crippen molar-refractivity contribution in [2.45, 2.75) is 40.5 Å². The Labute approximate surface area is 75.8 Å². The summed E-state index contributed by atoms with van der Waals surface area (Å²) in [7, 11) is 0. The third-order valence-corrected chi connectivity index (χ3v) is 1.36. The van der Waals surface area contributed by atoms with Crippen molar-refractivity contribution in [1.82, 2.24) is 0 Å². The van der Waals surface area contributed by atoms with Crippen LogP contribution < -0.4 is 0 Å². The van der Waals surface area contributed by atoms with Crippen molar-refractivity contribution in [3.63, 3.8) is 0 Å². The molecular formula is C11H20O. The van der Waals surface area contributed by atoms with Gasteiger partial charge in [0.15, 0.2) is 0 Å². The van der Waals surface area contributed by atoms with Gasteiger partial charge in [-0.3, -0.25) is 0 Å². The van der Waals surface area contributed by atoms with E-state index in [-0.39, 0.29) is 0 Å². The first-order chi connectivity index (χ1) is 5.54. The molecule has 0 aromatic heterocycles. The number of allylic oxidation sites excluding steroid dienone is 3. The van der Waals surface area contributed by atoms with E-state index in [0.29, 0.717) is 5.76 Å². The van der Waals surface area contributed by atoms with Crippen LogP contribution in [-0.4, -0.2) is 5.11 Å². The monoisotopic (exact) mass is 168 g/mol. The molecule has 0 aromatic rings. The van der Waals surface area contributed by atoms with E-state index in [1.54, 1.807) is 0 Å². The largest absolute Gasteiger partial charge is 0.508 e. The van der Waals surface area contributed by atoms with E-state index < -0.39 is 0 Å². The number of aliphatic hydroxyl groups excluding tert-OH is 1. The van der Waals surface area contributed by atoms with Gasteiger partial charge in [-0.1, -0.05) is 26.8 Å². The summed E-state index contributed by atoms with van der Waals surface area (Å²) in [5.74, 6) is 1.29. The molecule has 0 spiro atoms. The molecule has 0 fully saturated rings. The maximum Gasteiger partial charge on any atom is 0.114 e. The molecule has 1 heteroatoms. The van der Waals surface area contributed by atoms with Crippen molar-refractivity contribution in [2.75, 3.05) is 0 Å². The molecule has 1 aliphatic rings. The highest BCUT2D eigenvalue weighted by Crippen LogP contribution is 2.14. The van der Waals surface area contributed by atoms with Crippen LogP contribution in [0.1, 0.15) is 40.5 Å². The molecule has 1 N–H and O–H groups in total. The average Bonchev–Trinajstić information content (AvgIpc) is 1.94. The summed E-state index contributed by atoms with van der Waals surface area (Å²) in [6.45, 7) is 8.42. The van der Waals surface area contributed by atoms with Gasteiger partial charge in [0.2, 0.25) is 0 Å². The van der Waals surface area contributed by atoms with Gasteiger partial charge in [-0.15, -0.1) is 0 Å². The fourth-order valence-corrected chi connectivity index (χ4v) is 0.785. The van der Waals surface area contributed by atoms with Crippen molar-refractivity contribution in [3.05, 3.63) is 23.5 Å². The first-order valence-corrected chi connectivity index (χ1v) is 4.60. The van der Waals surface area contributed by atoms with Gasteiger partial charge in [0.05, 0.1) is 0 Å². The molecule has 0 amide bonds. The van der Waals surface area contributed by atoms with Gasteiger partial charge in [-0.25, -0.2) is 0 Å². The van der Waals surface area contributed by atoms with Gasteiger partial charge in [0.1, 0.15) is 5.76 Å². The summed E-state index contributed by atoms with van der Waals surface area (Å²) < 4.78 is 0. The molecule has 0 radical (unpaired) electrons. The van der Waals surface area contributed by atoms with Crippen LogP contribution >= 0.6 is 0 Å². The molecule has 0 aromatic carbocycles. The highest BCUT2D eigenvalue weighted by molar-refractivity contribution is 5.25. The predicted molar refractivity (Wildman–Crippen MR) is 54.2 cm³/mol. The van der Waals surface area contributed by atoms with E-state index in [4.69, 9.17) is 5.11 Å². The first kappa shape index (κ1) is 11.3. The summed E-state index contributed by atoms with van der Waals surface area (Å²) in [6, 6.07) is 0. The van der Waals surface area contributed by atoms with Gasteiger partial charge in [0, 0.05) is 0 Å². The van der Waals surface area contributed by atoms with Gasteiger partial charge in [-0.2, -0.15) is 0 Å². The molecule has 0 unspecified atom stereocenters. The van der Waals surface area contributed by atoms with E-state index >= 15 is 0 Å². The Morgan fingerprint density at radius 3 is 1.83 bits per heavy atom. The molecule has 0 heterocycles. The lowest BCUT2D eigenvalue weighted by atomic mass is 10.1.